The van der Waals surface area contributed by atoms with Gasteiger partial charge in [0.1, 0.15) is 0 Å². The van der Waals surface area contributed by atoms with Crippen LogP contribution in [0.3, 0.4) is 0 Å². The average Bonchev–Trinajstić information content (AvgIpc) is 2.23. The van der Waals surface area contributed by atoms with E-state index in [-0.39, 0.29) is 6.10 Å². The first-order valence-corrected chi connectivity index (χ1v) is 6.05. The van der Waals surface area contributed by atoms with Crippen molar-refractivity contribution >= 4 is 0 Å². The van der Waals surface area contributed by atoms with Crippen LogP contribution >= 0.6 is 0 Å². The normalized spacial score (nSPS) is 13.1. The van der Waals surface area contributed by atoms with E-state index in [2.05, 4.69) is 50.4 Å². The van der Waals surface area contributed by atoms with Crippen LogP contribution in [0.25, 0.3) is 0 Å². The molecule has 0 amide bonds. The molecular weight excluding hydrogens is 198 g/mol. The van der Waals surface area contributed by atoms with Gasteiger partial charge in [0.25, 0.3) is 0 Å². The monoisotopic (exact) mass is 221 g/mol. The molecule has 2 nitrogen and oxygen atoms in total. The topological polar surface area (TPSA) is 32.3 Å². The molecular formula is C14H23NO. The van der Waals surface area contributed by atoms with Crippen LogP contribution in [-0.4, -0.2) is 23.8 Å². The maximum Gasteiger partial charge on any atom is 0.0667 e. The van der Waals surface area contributed by atoms with Crippen LogP contribution in [0.4, 0.5) is 0 Å². The predicted octanol–water partition coefficient (Wildman–Crippen LogP) is 2.29. The van der Waals surface area contributed by atoms with Crippen molar-refractivity contribution in [3.8, 4) is 0 Å². The second-order valence-electron chi connectivity index (χ2n) is 4.74. The molecule has 0 aliphatic carbocycles. The molecule has 16 heavy (non-hydrogen) atoms. The number of nitrogens with one attached hydrogen (secondary N) is 1. The summed E-state index contributed by atoms with van der Waals surface area (Å²) in [6, 6.07) is 8.91. The number of rotatable bonds is 6. The van der Waals surface area contributed by atoms with Gasteiger partial charge >= 0.3 is 0 Å². The van der Waals surface area contributed by atoms with Gasteiger partial charge < -0.3 is 10.4 Å². The lowest BCUT2D eigenvalue weighted by Crippen LogP contribution is -2.32. The lowest BCUT2D eigenvalue weighted by Gasteiger charge is -2.14. The molecule has 0 aliphatic heterocycles. The number of aliphatic hydroxyl groups excluding tert-OH is 1. The molecule has 1 rings (SSSR count). The zero-order chi connectivity index (χ0) is 12.0. The summed E-state index contributed by atoms with van der Waals surface area (Å²) in [6.07, 6.45) is 1.52. The number of aliphatic hydroxyl groups is 1. The summed E-state index contributed by atoms with van der Waals surface area (Å²) in [5.74, 6) is 0. The quantitative estimate of drug-likeness (QED) is 0.772. The molecule has 1 aromatic carbocycles. The minimum absolute atomic E-state index is 0.247. The van der Waals surface area contributed by atoms with Gasteiger partial charge in [-0.2, -0.15) is 0 Å². The summed E-state index contributed by atoms with van der Waals surface area (Å²) in [5, 5.41) is 13.0. The van der Waals surface area contributed by atoms with Crippen molar-refractivity contribution in [1.82, 2.24) is 5.32 Å². The Kier molecular flexibility index (Phi) is 5.50. The van der Waals surface area contributed by atoms with E-state index in [1.165, 1.54) is 11.1 Å². The van der Waals surface area contributed by atoms with Gasteiger partial charge in [-0.3, -0.25) is 0 Å². The van der Waals surface area contributed by atoms with Gasteiger partial charge in [-0.1, -0.05) is 43.7 Å². The summed E-state index contributed by atoms with van der Waals surface area (Å²) >= 11 is 0. The Hall–Kier alpha value is -0.860. The lowest BCUT2D eigenvalue weighted by atomic mass is 10.0. The van der Waals surface area contributed by atoms with Crippen molar-refractivity contribution in [2.24, 2.45) is 0 Å². The zero-order valence-corrected chi connectivity index (χ0v) is 10.5. The Morgan fingerprint density at radius 1 is 1.31 bits per heavy atom. The SMILES string of the molecule is Cc1cccc(CCC(O)CNC(C)C)c1. The van der Waals surface area contributed by atoms with Gasteiger partial charge in [0.15, 0.2) is 0 Å². The van der Waals surface area contributed by atoms with Crippen molar-refractivity contribution < 1.29 is 5.11 Å². The highest BCUT2D eigenvalue weighted by atomic mass is 16.3. The molecule has 90 valence electrons. The van der Waals surface area contributed by atoms with Crippen LogP contribution < -0.4 is 5.32 Å². The molecule has 0 radical (unpaired) electrons. The van der Waals surface area contributed by atoms with Crippen LogP contribution in [0.15, 0.2) is 24.3 Å². The minimum Gasteiger partial charge on any atom is -0.392 e. The Labute approximate surface area is 98.7 Å². The van der Waals surface area contributed by atoms with Crippen LogP contribution in [-0.2, 0) is 6.42 Å². The molecule has 0 aromatic heterocycles. The predicted molar refractivity (Wildman–Crippen MR) is 68.6 cm³/mol. The fourth-order valence-corrected chi connectivity index (χ4v) is 1.67. The van der Waals surface area contributed by atoms with E-state index in [9.17, 15) is 5.11 Å². The van der Waals surface area contributed by atoms with E-state index >= 15 is 0 Å². The van der Waals surface area contributed by atoms with Crippen molar-refractivity contribution in [1.29, 1.82) is 0 Å². The lowest BCUT2D eigenvalue weighted by molar-refractivity contribution is 0.159. The summed E-state index contributed by atoms with van der Waals surface area (Å²) in [5.41, 5.74) is 2.59. The van der Waals surface area contributed by atoms with E-state index in [0.29, 0.717) is 12.6 Å². The van der Waals surface area contributed by atoms with Crippen molar-refractivity contribution in [2.75, 3.05) is 6.54 Å². The van der Waals surface area contributed by atoms with E-state index in [0.717, 1.165) is 12.8 Å². The van der Waals surface area contributed by atoms with Gasteiger partial charge in [0.2, 0.25) is 0 Å². The Morgan fingerprint density at radius 2 is 2.06 bits per heavy atom. The molecule has 0 fully saturated rings. The van der Waals surface area contributed by atoms with Crippen LogP contribution in [0.5, 0.6) is 0 Å². The summed E-state index contributed by atoms with van der Waals surface area (Å²) in [4.78, 5) is 0. The smallest absolute Gasteiger partial charge is 0.0667 e. The second kappa shape index (κ2) is 6.66. The number of aryl methyl sites for hydroxylation is 2. The van der Waals surface area contributed by atoms with Crippen molar-refractivity contribution in [3.63, 3.8) is 0 Å². The molecule has 1 aromatic rings. The third-order valence-corrected chi connectivity index (χ3v) is 2.61. The number of hydrogen-bond donors (Lipinski definition) is 2. The minimum atomic E-state index is -0.247. The van der Waals surface area contributed by atoms with Gasteiger partial charge in [0, 0.05) is 12.6 Å². The van der Waals surface area contributed by atoms with Gasteiger partial charge in [-0.05, 0) is 25.3 Å². The van der Waals surface area contributed by atoms with Gasteiger partial charge in [-0.25, -0.2) is 0 Å². The zero-order valence-electron chi connectivity index (χ0n) is 10.5. The summed E-state index contributed by atoms with van der Waals surface area (Å²) < 4.78 is 0. The van der Waals surface area contributed by atoms with Gasteiger partial charge in [0.05, 0.1) is 6.10 Å². The molecule has 0 spiro atoms. The highest BCUT2D eigenvalue weighted by Crippen LogP contribution is 2.07. The first-order valence-electron chi connectivity index (χ1n) is 6.05. The highest BCUT2D eigenvalue weighted by Gasteiger charge is 2.05. The average molecular weight is 221 g/mol. The Bertz CT molecular complexity index is 309. The van der Waals surface area contributed by atoms with E-state index in [4.69, 9.17) is 0 Å². The third-order valence-electron chi connectivity index (χ3n) is 2.61. The van der Waals surface area contributed by atoms with Crippen LogP contribution in [0, 0.1) is 6.92 Å². The Balaban J connectivity index is 2.28. The molecule has 2 heteroatoms. The molecule has 0 bridgehead atoms. The number of hydrogen-bond acceptors (Lipinski definition) is 2. The molecule has 0 saturated heterocycles. The van der Waals surface area contributed by atoms with E-state index < -0.39 is 0 Å². The highest BCUT2D eigenvalue weighted by molar-refractivity contribution is 5.22. The fraction of sp³-hybridized carbons (Fsp3) is 0.571. The van der Waals surface area contributed by atoms with Crippen molar-refractivity contribution in [3.05, 3.63) is 35.4 Å². The molecule has 2 N–H and O–H groups in total. The van der Waals surface area contributed by atoms with Crippen molar-refractivity contribution in [2.45, 2.75) is 45.8 Å². The number of benzene rings is 1. The molecule has 1 atom stereocenters. The van der Waals surface area contributed by atoms with Crippen LogP contribution in [0.1, 0.15) is 31.4 Å². The summed E-state index contributed by atoms with van der Waals surface area (Å²) in [6.45, 7) is 6.96. The maximum absolute atomic E-state index is 9.77. The third kappa shape index (κ3) is 5.29. The molecule has 0 heterocycles. The molecule has 0 aliphatic rings. The molecule has 1 unspecified atom stereocenters. The Morgan fingerprint density at radius 3 is 2.69 bits per heavy atom. The van der Waals surface area contributed by atoms with E-state index in [1.807, 2.05) is 0 Å². The van der Waals surface area contributed by atoms with Crippen LogP contribution in [0.2, 0.25) is 0 Å². The molecule has 0 saturated carbocycles. The fourth-order valence-electron chi connectivity index (χ4n) is 1.67. The van der Waals surface area contributed by atoms with E-state index in [1.54, 1.807) is 0 Å². The van der Waals surface area contributed by atoms with Gasteiger partial charge in [-0.15, -0.1) is 0 Å². The second-order valence-corrected chi connectivity index (χ2v) is 4.74. The maximum atomic E-state index is 9.77. The standard InChI is InChI=1S/C14H23NO/c1-11(2)15-10-14(16)8-7-13-6-4-5-12(3)9-13/h4-6,9,11,14-16H,7-8,10H2,1-3H3. The summed E-state index contributed by atoms with van der Waals surface area (Å²) in [7, 11) is 0. The first-order chi connectivity index (χ1) is 7.58. The first kappa shape index (κ1) is 13.2. The largest absolute Gasteiger partial charge is 0.392 e.